The fraction of sp³-hybridized carbons (Fsp3) is 0.500. The third-order valence-corrected chi connectivity index (χ3v) is 3.12. The summed E-state index contributed by atoms with van der Waals surface area (Å²) >= 11 is 3.47. The standard InChI is InChI=1S/C12H18BrNO/c1-4-9(2)8-14-10-5-6-12(15-3)11(13)7-10/h5-7,9,14H,4,8H2,1-3H3. The summed E-state index contributed by atoms with van der Waals surface area (Å²) in [4.78, 5) is 0. The van der Waals surface area contributed by atoms with Gasteiger partial charge in [-0.05, 0) is 40.0 Å². The largest absolute Gasteiger partial charge is 0.496 e. The molecular weight excluding hydrogens is 254 g/mol. The van der Waals surface area contributed by atoms with Gasteiger partial charge in [0.25, 0.3) is 0 Å². The van der Waals surface area contributed by atoms with Gasteiger partial charge in [0.2, 0.25) is 0 Å². The average Bonchev–Trinajstić information content (AvgIpc) is 2.26. The van der Waals surface area contributed by atoms with Crippen molar-refractivity contribution in [1.82, 2.24) is 0 Å². The van der Waals surface area contributed by atoms with Crippen LogP contribution in [0.2, 0.25) is 0 Å². The van der Waals surface area contributed by atoms with E-state index in [1.165, 1.54) is 6.42 Å². The van der Waals surface area contributed by atoms with Crippen molar-refractivity contribution in [3.63, 3.8) is 0 Å². The van der Waals surface area contributed by atoms with Gasteiger partial charge < -0.3 is 10.1 Å². The molecule has 1 unspecified atom stereocenters. The van der Waals surface area contributed by atoms with E-state index in [0.29, 0.717) is 5.92 Å². The van der Waals surface area contributed by atoms with E-state index >= 15 is 0 Å². The molecule has 0 heterocycles. The number of methoxy groups -OCH3 is 1. The molecule has 1 rings (SSSR count). The average molecular weight is 272 g/mol. The van der Waals surface area contributed by atoms with Gasteiger partial charge in [0.1, 0.15) is 5.75 Å². The third-order valence-electron chi connectivity index (χ3n) is 2.50. The summed E-state index contributed by atoms with van der Waals surface area (Å²) in [5, 5.41) is 3.40. The maximum Gasteiger partial charge on any atom is 0.133 e. The highest BCUT2D eigenvalue weighted by atomic mass is 79.9. The number of anilines is 1. The second-order valence-corrected chi connectivity index (χ2v) is 4.60. The van der Waals surface area contributed by atoms with Crippen molar-refractivity contribution >= 4 is 21.6 Å². The lowest BCUT2D eigenvalue weighted by Crippen LogP contribution is -2.10. The van der Waals surface area contributed by atoms with E-state index in [9.17, 15) is 0 Å². The predicted octanol–water partition coefficient (Wildman–Crippen LogP) is 3.92. The van der Waals surface area contributed by atoms with Gasteiger partial charge in [0.15, 0.2) is 0 Å². The van der Waals surface area contributed by atoms with Crippen LogP contribution in [0.1, 0.15) is 20.3 Å². The molecule has 2 nitrogen and oxygen atoms in total. The van der Waals surface area contributed by atoms with Crippen LogP contribution in [-0.4, -0.2) is 13.7 Å². The molecule has 0 aliphatic heterocycles. The first-order valence-electron chi connectivity index (χ1n) is 5.24. The Bertz CT molecular complexity index is 314. The molecule has 3 heteroatoms. The lowest BCUT2D eigenvalue weighted by molar-refractivity contribution is 0.412. The van der Waals surface area contributed by atoms with Crippen molar-refractivity contribution in [1.29, 1.82) is 0 Å². The van der Waals surface area contributed by atoms with Crippen molar-refractivity contribution in [3.8, 4) is 5.75 Å². The minimum Gasteiger partial charge on any atom is -0.496 e. The summed E-state index contributed by atoms with van der Waals surface area (Å²) in [6.45, 7) is 5.46. The molecule has 0 saturated heterocycles. The number of benzene rings is 1. The van der Waals surface area contributed by atoms with Crippen molar-refractivity contribution in [2.24, 2.45) is 5.92 Å². The summed E-state index contributed by atoms with van der Waals surface area (Å²) in [5.41, 5.74) is 1.13. The Morgan fingerprint density at radius 1 is 1.47 bits per heavy atom. The van der Waals surface area contributed by atoms with Gasteiger partial charge in [0, 0.05) is 12.2 Å². The Morgan fingerprint density at radius 3 is 2.73 bits per heavy atom. The van der Waals surface area contributed by atoms with Crippen LogP contribution in [-0.2, 0) is 0 Å². The first kappa shape index (κ1) is 12.4. The number of hydrogen-bond donors (Lipinski definition) is 1. The SMILES string of the molecule is CCC(C)CNc1ccc(OC)c(Br)c1. The van der Waals surface area contributed by atoms with Gasteiger partial charge >= 0.3 is 0 Å². The highest BCUT2D eigenvalue weighted by Crippen LogP contribution is 2.27. The van der Waals surface area contributed by atoms with Crippen LogP contribution in [0.3, 0.4) is 0 Å². The normalized spacial score (nSPS) is 12.3. The van der Waals surface area contributed by atoms with Crippen LogP contribution >= 0.6 is 15.9 Å². The minimum atomic E-state index is 0.700. The van der Waals surface area contributed by atoms with E-state index in [1.807, 2.05) is 18.2 Å². The van der Waals surface area contributed by atoms with Gasteiger partial charge in [-0.2, -0.15) is 0 Å². The second kappa shape index (κ2) is 6.01. The van der Waals surface area contributed by atoms with Crippen LogP contribution in [0.15, 0.2) is 22.7 Å². The monoisotopic (exact) mass is 271 g/mol. The molecule has 1 aromatic rings. The van der Waals surface area contributed by atoms with Crippen LogP contribution in [0.5, 0.6) is 5.75 Å². The number of halogens is 1. The van der Waals surface area contributed by atoms with Gasteiger partial charge in [-0.25, -0.2) is 0 Å². The van der Waals surface area contributed by atoms with Gasteiger partial charge in [-0.3, -0.25) is 0 Å². The molecule has 0 spiro atoms. The minimum absolute atomic E-state index is 0.700. The summed E-state index contributed by atoms with van der Waals surface area (Å²) in [7, 11) is 1.67. The van der Waals surface area contributed by atoms with E-state index in [1.54, 1.807) is 7.11 Å². The molecular formula is C12H18BrNO. The number of nitrogens with one attached hydrogen (secondary N) is 1. The molecule has 0 bridgehead atoms. The molecule has 0 saturated carbocycles. The number of ether oxygens (including phenoxy) is 1. The molecule has 0 aliphatic carbocycles. The Labute approximate surface area is 100 Å². The molecule has 1 N–H and O–H groups in total. The van der Waals surface area contributed by atoms with Crippen molar-refractivity contribution < 1.29 is 4.74 Å². The molecule has 0 fully saturated rings. The fourth-order valence-corrected chi connectivity index (χ4v) is 1.75. The maximum atomic E-state index is 5.17. The Kier molecular flexibility index (Phi) is 4.95. The molecule has 0 aliphatic rings. The van der Waals surface area contributed by atoms with E-state index < -0.39 is 0 Å². The first-order valence-corrected chi connectivity index (χ1v) is 6.04. The summed E-state index contributed by atoms with van der Waals surface area (Å²) in [5.74, 6) is 1.56. The van der Waals surface area contributed by atoms with Crippen LogP contribution in [0.25, 0.3) is 0 Å². The summed E-state index contributed by atoms with van der Waals surface area (Å²) in [6, 6.07) is 6.04. The predicted molar refractivity (Wildman–Crippen MR) is 68.6 cm³/mol. The van der Waals surface area contributed by atoms with E-state index in [0.717, 1.165) is 22.5 Å². The zero-order chi connectivity index (χ0) is 11.3. The fourth-order valence-electron chi connectivity index (χ4n) is 1.21. The lowest BCUT2D eigenvalue weighted by Gasteiger charge is -2.12. The second-order valence-electron chi connectivity index (χ2n) is 3.74. The van der Waals surface area contributed by atoms with Gasteiger partial charge in [-0.1, -0.05) is 20.3 Å². The first-order chi connectivity index (χ1) is 7.17. The van der Waals surface area contributed by atoms with E-state index in [2.05, 4.69) is 35.1 Å². The highest BCUT2D eigenvalue weighted by Gasteiger charge is 2.02. The number of rotatable bonds is 5. The smallest absolute Gasteiger partial charge is 0.133 e. The van der Waals surface area contributed by atoms with Gasteiger partial charge in [0.05, 0.1) is 11.6 Å². The van der Waals surface area contributed by atoms with Crippen molar-refractivity contribution in [3.05, 3.63) is 22.7 Å². The molecule has 0 radical (unpaired) electrons. The van der Waals surface area contributed by atoms with E-state index in [-0.39, 0.29) is 0 Å². The van der Waals surface area contributed by atoms with Crippen LogP contribution < -0.4 is 10.1 Å². The maximum absolute atomic E-state index is 5.17. The lowest BCUT2D eigenvalue weighted by atomic mass is 10.1. The third kappa shape index (κ3) is 3.74. The number of hydrogen-bond acceptors (Lipinski definition) is 2. The Hall–Kier alpha value is -0.700. The molecule has 0 aromatic heterocycles. The molecule has 1 aromatic carbocycles. The quantitative estimate of drug-likeness (QED) is 0.877. The van der Waals surface area contributed by atoms with Crippen molar-refractivity contribution in [2.45, 2.75) is 20.3 Å². The zero-order valence-electron chi connectivity index (χ0n) is 9.51. The molecule has 1 atom stereocenters. The van der Waals surface area contributed by atoms with Crippen LogP contribution in [0, 0.1) is 5.92 Å². The van der Waals surface area contributed by atoms with Crippen molar-refractivity contribution in [2.75, 3.05) is 19.0 Å². The molecule has 84 valence electrons. The topological polar surface area (TPSA) is 21.3 Å². The zero-order valence-corrected chi connectivity index (χ0v) is 11.1. The van der Waals surface area contributed by atoms with Gasteiger partial charge in [-0.15, -0.1) is 0 Å². The summed E-state index contributed by atoms with van der Waals surface area (Å²) in [6.07, 6.45) is 1.20. The molecule has 15 heavy (non-hydrogen) atoms. The summed E-state index contributed by atoms with van der Waals surface area (Å²) < 4.78 is 6.16. The molecule has 0 amide bonds. The Balaban J connectivity index is 2.59. The Morgan fingerprint density at radius 2 is 2.20 bits per heavy atom. The van der Waals surface area contributed by atoms with E-state index in [4.69, 9.17) is 4.74 Å². The highest BCUT2D eigenvalue weighted by molar-refractivity contribution is 9.10. The van der Waals surface area contributed by atoms with Crippen LogP contribution in [0.4, 0.5) is 5.69 Å².